The summed E-state index contributed by atoms with van der Waals surface area (Å²) in [5.74, 6) is -1.96. The van der Waals surface area contributed by atoms with Crippen LogP contribution in [-0.4, -0.2) is 78.3 Å². The first-order chi connectivity index (χ1) is 21.3. The summed E-state index contributed by atoms with van der Waals surface area (Å²) in [6.07, 6.45) is 4.50. The Morgan fingerprint density at radius 3 is 2.25 bits per heavy atom. The summed E-state index contributed by atoms with van der Waals surface area (Å²) in [5.41, 5.74) is 0.116. The lowest BCUT2D eigenvalue weighted by atomic mass is 9.70. The number of ether oxygens (including phenoxy) is 2. The van der Waals surface area contributed by atoms with E-state index in [2.05, 4.69) is 13.2 Å². The van der Waals surface area contributed by atoms with Crippen LogP contribution in [0.3, 0.4) is 0 Å². The molecule has 0 saturated carbocycles. The lowest BCUT2D eigenvalue weighted by Gasteiger charge is -2.40. The molecule has 9 heteroatoms. The fourth-order valence-corrected chi connectivity index (χ4v) is 7.42. The zero-order valence-electron chi connectivity index (χ0n) is 25.8. The molecule has 9 nitrogen and oxygen atoms in total. The summed E-state index contributed by atoms with van der Waals surface area (Å²) >= 11 is 0. The van der Waals surface area contributed by atoms with Crippen LogP contribution in [0, 0.1) is 17.8 Å². The Kier molecular flexibility index (Phi) is 9.27. The number of hydrogen-bond acceptors (Lipinski definition) is 6. The number of benzene rings is 2. The Morgan fingerprint density at radius 1 is 1.07 bits per heavy atom. The molecular formula is C35H43N3O6. The Morgan fingerprint density at radius 2 is 1.68 bits per heavy atom. The van der Waals surface area contributed by atoms with Crippen LogP contribution in [-0.2, 0) is 19.1 Å². The van der Waals surface area contributed by atoms with Gasteiger partial charge in [0.05, 0.1) is 37.7 Å². The van der Waals surface area contributed by atoms with Crippen molar-refractivity contribution in [2.45, 2.75) is 56.9 Å². The summed E-state index contributed by atoms with van der Waals surface area (Å²) in [5, 5.41) is 10.7. The van der Waals surface area contributed by atoms with Crippen molar-refractivity contribution in [3.63, 3.8) is 0 Å². The van der Waals surface area contributed by atoms with Gasteiger partial charge in [-0.05, 0) is 55.2 Å². The number of carbonyl (C=O) groups is 3. The quantitative estimate of drug-likeness (QED) is 0.346. The first kappa shape index (κ1) is 31.5. The van der Waals surface area contributed by atoms with Crippen molar-refractivity contribution in [3.8, 4) is 5.75 Å². The van der Waals surface area contributed by atoms with Crippen LogP contribution in [0.25, 0.3) is 0 Å². The number of aliphatic hydroxyl groups excluding tert-OH is 1. The standard InChI is InChI=1S/C35H43N3O6/c1-6-20-36(24-12-10-9-11-13-24)32(40)29-28-18-19-35(44-28)30(29)33(41)38(27(22-39)23(4)8-3)31(35)34(42)37(21-7-2)25-14-16-26(43-5)17-15-25/h6-7,9-17,23,27-31,39H,1-2,8,18-22H2,3-5H3/t23-,27-,28+,29-,30-,31?,35?/m0/s1. The molecule has 2 aromatic carbocycles. The Balaban J connectivity index is 1.61. The molecule has 44 heavy (non-hydrogen) atoms. The molecule has 1 N–H and O–H groups in total. The van der Waals surface area contributed by atoms with Gasteiger partial charge in [0, 0.05) is 24.5 Å². The van der Waals surface area contributed by atoms with Gasteiger partial charge in [0.1, 0.15) is 17.4 Å². The zero-order valence-corrected chi connectivity index (χ0v) is 25.8. The number of fused-ring (bicyclic) bond motifs is 1. The van der Waals surface area contributed by atoms with Gasteiger partial charge in [0.15, 0.2) is 0 Å². The average molecular weight is 602 g/mol. The van der Waals surface area contributed by atoms with E-state index < -0.39 is 35.6 Å². The molecule has 5 rings (SSSR count). The van der Waals surface area contributed by atoms with E-state index in [-0.39, 0.29) is 43.3 Å². The van der Waals surface area contributed by atoms with Gasteiger partial charge >= 0.3 is 0 Å². The van der Waals surface area contributed by atoms with Crippen molar-refractivity contribution < 1.29 is 29.0 Å². The predicted molar refractivity (Wildman–Crippen MR) is 169 cm³/mol. The number of carbonyl (C=O) groups excluding carboxylic acids is 3. The van der Waals surface area contributed by atoms with Gasteiger partial charge in [-0.3, -0.25) is 14.4 Å². The second-order valence-electron chi connectivity index (χ2n) is 11.9. The second-order valence-corrected chi connectivity index (χ2v) is 11.9. The van der Waals surface area contributed by atoms with Gasteiger partial charge in [-0.15, -0.1) is 13.2 Å². The molecule has 2 aromatic rings. The number of nitrogens with zero attached hydrogens (tertiary/aromatic N) is 3. The van der Waals surface area contributed by atoms with Crippen LogP contribution in [0.1, 0.15) is 33.1 Å². The van der Waals surface area contributed by atoms with E-state index in [4.69, 9.17) is 9.47 Å². The number of aliphatic hydroxyl groups is 1. The minimum Gasteiger partial charge on any atom is -0.497 e. The van der Waals surface area contributed by atoms with Crippen LogP contribution in [0.4, 0.5) is 11.4 Å². The van der Waals surface area contributed by atoms with Crippen LogP contribution < -0.4 is 14.5 Å². The third-order valence-electron chi connectivity index (χ3n) is 9.71. The summed E-state index contributed by atoms with van der Waals surface area (Å²) in [6, 6.07) is 14.8. The molecule has 3 amide bonds. The highest BCUT2D eigenvalue weighted by Crippen LogP contribution is 2.59. The summed E-state index contributed by atoms with van der Waals surface area (Å²) < 4.78 is 12.0. The number of anilines is 2. The van der Waals surface area contributed by atoms with Crippen molar-refractivity contribution >= 4 is 29.1 Å². The summed E-state index contributed by atoms with van der Waals surface area (Å²) in [6.45, 7) is 11.8. The number of para-hydroxylation sites is 1. The van der Waals surface area contributed by atoms with Gasteiger partial charge in [0.2, 0.25) is 11.8 Å². The molecule has 0 aliphatic carbocycles. The number of amides is 3. The molecule has 3 aliphatic rings. The molecule has 3 aliphatic heterocycles. The first-order valence-corrected chi connectivity index (χ1v) is 15.4. The second kappa shape index (κ2) is 13.0. The zero-order chi connectivity index (χ0) is 31.6. The number of methoxy groups -OCH3 is 1. The maximum atomic E-state index is 14.8. The van der Waals surface area contributed by atoms with E-state index in [0.29, 0.717) is 36.4 Å². The van der Waals surface area contributed by atoms with E-state index in [0.717, 1.165) is 0 Å². The van der Waals surface area contributed by atoms with Crippen molar-refractivity contribution in [1.29, 1.82) is 0 Å². The van der Waals surface area contributed by atoms with E-state index in [1.165, 1.54) is 0 Å². The summed E-state index contributed by atoms with van der Waals surface area (Å²) in [7, 11) is 1.58. The molecule has 234 valence electrons. The molecule has 2 unspecified atom stereocenters. The first-order valence-electron chi connectivity index (χ1n) is 15.4. The molecule has 1 spiro atoms. The van der Waals surface area contributed by atoms with Gasteiger partial charge in [-0.1, -0.05) is 50.6 Å². The van der Waals surface area contributed by atoms with Gasteiger partial charge < -0.3 is 29.3 Å². The number of hydrogen-bond donors (Lipinski definition) is 1. The Bertz CT molecular complexity index is 1380. The lowest BCUT2D eigenvalue weighted by Crippen LogP contribution is -2.60. The van der Waals surface area contributed by atoms with Crippen LogP contribution in [0.5, 0.6) is 5.75 Å². The van der Waals surface area contributed by atoms with Crippen molar-refractivity contribution in [3.05, 3.63) is 79.9 Å². The molecule has 0 aromatic heterocycles. The van der Waals surface area contributed by atoms with Gasteiger partial charge in [-0.25, -0.2) is 0 Å². The molecule has 2 bridgehead atoms. The largest absolute Gasteiger partial charge is 0.497 e. The maximum Gasteiger partial charge on any atom is 0.253 e. The maximum absolute atomic E-state index is 14.8. The third-order valence-corrected chi connectivity index (χ3v) is 9.71. The van der Waals surface area contributed by atoms with E-state index in [9.17, 15) is 19.5 Å². The van der Waals surface area contributed by atoms with E-state index in [1.807, 2.05) is 44.2 Å². The predicted octanol–water partition coefficient (Wildman–Crippen LogP) is 4.22. The molecule has 7 atom stereocenters. The fourth-order valence-electron chi connectivity index (χ4n) is 7.42. The molecule has 3 saturated heterocycles. The van der Waals surface area contributed by atoms with Gasteiger partial charge in [0.25, 0.3) is 5.91 Å². The van der Waals surface area contributed by atoms with Crippen LogP contribution in [0.15, 0.2) is 79.9 Å². The third kappa shape index (κ3) is 5.12. The SMILES string of the molecule is C=CCN(C(=O)C1N([C@@H](CO)[C@@H](C)CC)C(=O)[C@@H]2[C@@H](C(=O)N(CC=C)c3ccccc3)[C@H]3CCC12O3)c1ccc(OC)cc1. The minimum absolute atomic E-state index is 0.101. The highest BCUT2D eigenvalue weighted by Gasteiger charge is 2.75. The number of rotatable bonds is 13. The van der Waals surface area contributed by atoms with Crippen molar-refractivity contribution in [2.75, 3.05) is 36.6 Å². The Hall–Kier alpha value is -3.95. The number of likely N-dealkylation sites (tertiary alicyclic amines) is 1. The van der Waals surface area contributed by atoms with Crippen molar-refractivity contribution in [2.24, 2.45) is 17.8 Å². The van der Waals surface area contributed by atoms with E-state index in [1.54, 1.807) is 58.2 Å². The minimum atomic E-state index is -1.21. The average Bonchev–Trinajstić information content (AvgIpc) is 3.70. The van der Waals surface area contributed by atoms with Crippen LogP contribution in [0.2, 0.25) is 0 Å². The normalized spacial score (nSPS) is 26.5. The lowest BCUT2D eigenvalue weighted by molar-refractivity contribution is -0.145. The summed E-state index contributed by atoms with van der Waals surface area (Å²) in [4.78, 5) is 48.7. The highest BCUT2D eigenvalue weighted by molar-refractivity contribution is 6.06. The fraction of sp³-hybridized carbons (Fsp3) is 0.457. The molecule has 3 fully saturated rings. The highest BCUT2D eigenvalue weighted by atomic mass is 16.5. The van der Waals surface area contributed by atoms with Crippen molar-refractivity contribution in [1.82, 2.24) is 4.90 Å². The topological polar surface area (TPSA) is 99.6 Å². The monoisotopic (exact) mass is 601 g/mol. The molecular weight excluding hydrogens is 558 g/mol. The molecule has 0 radical (unpaired) electrons. The van der Waals surface area contributed by atoms with Crippen LogP contribution >= 0.6 is 0 Å². The van der Waals surface area contributed by atoms with E-state index >= 15 is 0 Å². The smallest absolute Gasteiger partial charge is 0.253 e. The molecule has 3 heterocycles. The van der Waals surface area contributed by atoms with Gasteiger partial charge in [-0.2, -0.15) is 0 Å². The Labute approximate surface area is 259 Å².